The van der Waals surface area contributed by atoms with E-state index in [4.69, 9.17) is 0 Å². The van der Waals surface area contributed by atoms with Gasteiger partial charge in [0.15, 0.2) is 0 Å². The Kier molecular flexibility index (Phi) is 2.88. The highest BCUT2D eigenvalue weighted by Gasteiger charge is 2.16. The molecule has 2 N–H and O–H groups in total. The molecule has 0 fully saturated rings. The maximum Gasteiger partial charge on any atom is 0.0392 e. The molecule has 0 unspecified atom stereocenters. The molecule has 64 valence electrons. The second kappa shape index (κ2) is 3.72. The fraction of sp³-hybridized carbons (Fsp3) is 0.875. The van der Waals surface area contributed by atoms with Crippen LogP contribution in [-0.2, 0) is 0 Å². The number of rotatable bonds is 0. The van der Waals surface area contributed by atoms with Crippen molar-refractivity contribution in [2.45, 2.75) is 20.3 Å². The number of nitrogens with zero attached hydrogens (tertiary/aromatic N) is 1. The molecule has 1 heterocycles. The summed E-state index contributed by atoms with van der Waals surface area (Å²) in [6.07, 6.45) is 2.94. The van der Waals surface area contributed by atoms with Gasteiger partial charge in [-0.25, -0.2) is 0 Å². The van der Waals surface area contributed by atoms with Crippen LogP contribution in [0.15, 0.2) is 5.10 Å². The Labute approximate surface area is 68.3 Å². The normalized spacial score (nSPS) is 27.5. The van der Waals surface area contributed by atoms with E-state index in [1.807, 2.05) is 6.21 Å². The molecule has 0 aromatic heterocycles. The molecule has 0 saturated heterocycles. The van der Waals surface area contributed by atoms with Crippen LogP contribution in [0.3, 0.4) is 0 Å². The van der Waals surface area contributed by atoms with Crippen LogP contribution in [0.25, 0.3) is 0 Å². The van der Waals surface area contributed by atoms with Crippen molar-refractivity contribution in [1.82, 2.24) is 10.7 Å². The zero-order valence-electron chi connectivity index (χ0n) is 7.35. The van der Waals surface area contributed by atoms with Gasteiger partial charge in [0.2, 0.25) is 0 Å². The Hall–Kier alpha value is -0.570. The summed E-state index contributed by atoms with van der Waals surface area (Å²) < 4.78 is 0. The minimum absolute atomic E-state index is 0.307. The van der Waals surface area contributed by atoms with Crippen LogP contribution in [0.4, 0.5) is 0 Å². The summed E-state index contributed by atoms with van der Waals surface area (Å²) in [5.41, 5.74) is 3.35. The van der Waals surface area contributed by atoms with Crippen molar-refractivity contribution in [3.63, 3.8) is 0 Å². The number of nitrogens with one attached hydrogen (secondary N) is 2. The predicted molar refractivity (Wildman–Crippen MR) is 47.8 cm³/mol. The van der Waals surface area contributed by atoms with E-state index in [0.717, 1.165) is 26.1 Å². The Morgan fingerprint density at radius 2 is 2.18 bits per heavy atom. The van der Waals surface area contributed by atoms with Gasteiger partial charge in [0.25, 0.3) is 0 Å². The molecule has 0 bridgehead atoms. The minimum Gasteiger partial charge on any atom is -0.316 e. The molecule has 0 aromatic rings. The topological polar surface area (TPSA) is 36.4 Å². The summed E-state index contributed by atoms with van der Waals surface area (Å²) in [6.45, 7) is 7.50. The third-order valence-corrected chi connectivity index (χ3v) is 1.79. The smallest absolute Gasteiger partial charge is 0.0392 e. The van der Waals surface area contributed by atoms with Gasteiger partial charge in [-0.2, -0.15) is 5.10 Å². The molecule has 1 rings (SSSR count). The van der Waals surface area contributed by atoms with Gasteiger partial charge in [0.05, 0.1) is 0 Å². The second-order valence-corrected chi connectivity index (χ2v) is 3.78. The van der Waals surface area contributed by atoms with Gasteiger partial charge >= 0.3 is 0 Å². The molecule has 11 heavy (non-hydrogen) atoms. The van der Waals surface area contributed by atoms with Gasteiger partial charge in [-0.15, -0.1) is 0 Å². The first-order valence-electron chi connectivity index (χ1n) is 4.16. The van der Waals surface area contributed by atoms with E-state index < -0.39 is 0 Å². The number of hydrogen-bond donors (Lipinski definition) is 2. The van der Waals surface area contributed by atoms with Crippen LogP contribution >= 0.6 is 0 Å². The summed E-state index contributed by atoms with van der Waals surface area (Å²) >= 11 is 0. The molecule has 0 radical (unpaired) electrons. The average molecular weight is 155 g/mol. The minimum atomic E-state index is 0.307. The summed E-state index contributed by atoms with van der Waals surface area (Å²) in [5.74, 6) is 0. The second-order valence-electron chi connectivity index (χ2n) is 3.78. The van der Waals surface area contributed by atoms with E-state index in [1.54, 1.807) is 0 Å². The fourth-order valence-corrected chi connectivity index (χ4v) is 1.04. The summed E-state index contributed by atoms with van der Waals surface area (Å²) in [5, 5.41) is 7.46. The highest BCUT2D eigenvalue weighted by Crippen LogP contribution is 2.11. The molecule has 3 heteroatoms. The Bertz CT molecular complexity index is 140. The quantitative estimate of drug-likeness (QED) is 0.537. The molecule has 3 nitrogen and oxygen atoms in total. The molecule has 0 spiro atoms. The van der Waals surface area contributed by atoms with E-state index in [2.05, 4.69) is 29.7 Å². The zero-order chi connectivity index (χ0) is 8.16. The largest absolute Gasteiger partial charge is 0.316 e. The van der Waals surface area contributed by atoms with Gasteiger partial charge in [0.1, 0.15) is 0 Å². The van der Waals surface area contributed by atoms with Gasteiger partial charge in [-0.05, 0) is 11.8 Å². The van der Waals surface area contributed by atoms with Gasteiger partial charge in [-0.3, -0.25) is 0 Å². The van der Waals surface area contributed by atoms with Gasteiger partial charge in [0, 0.05) is 25.8 Å². The van der Waals surface area contributed by atoms with Crippen molar-refractivity contribution in [3.05, 3.63) is 0 Å². The lowest BCUT2D eigenvalue weighted by Crippen LogP contribution is -2.35. The molecular formula is C8H17N3. The lowest BCUT2D eigenvalue weighted by molar-refractivity contribution is 0.329. The molecule has 0 amide bonds. The van der Waals surface area contributed by atoms with E-state index >= 15 is 0 Å². The van der Waals surface area contributed by atoms with Crippen LogP contribution in [0.5, 0.6) is 0 Å². The SMILES string of the molecule is CC1(C)CNCC/C=N\NC1. The van der Waals surface area contributed by atoms with E-state index in [9.17, 15) is 0 Å². The molecule has 0 atom stereocenters. The summed E-state index contributed by atoms with van der Waals surface area (Å²) in [7, 11) is 0. The zero-order valence-corrected chi connectivity index (χ0v) is 7.35. The average Bonchev–Trinajstić information content (AvgIpc) is 2.00. The summed E-state index contributed by atoms with van der Waals surface area (Å²) in [6, 6.07) is 0. The fourth-order valence-electron chi connectivity index (χ4n) is 1.04. The molecule has 0 saturated carbocycles. The van der Waals surface area contributed by atoms with E-state index in [1.165, 1.54) is 0 Å². The monoisotopic (exact) mass is 155 g/mol. The maximum atomic E-state index is 4.07. The van der Waals surface area contributed by atoms with Crippen molar-refractivity contribution < 1.29 is 0 Å². The molecule has 1 aliphatic heterocycles. The van der Waals surface area contributed by atoms with Gasteiger partial charge < -0.3 is 10.7 Å². The molecule has 0 aromatic carbocycles. The first-order valence-corrected chi connectivity index (χ1v) is 4.16. The maximum absolute atomic E-state index is 4.07. The Morgan fingerprint density at radius 3 is 3.00 bits per heavy atom. The lowest BCUT2D eigenvalue weighted by atomic mass is 9.94. The third-order valence-electron chi connectivity index (χ3n) is 1.79. The first-order chi connectivity index (χ1) is 5.21. The first kappa shape index (κ1) is 8.53. The van der Waals surface area contributed by atoms with E-state index in [-0.39, 0.29) is 0 Å². The lowest BCUT2D eigenvalue weighted by Gasteiger charge is -2.23. The Balaban J connectivity index is 2.40. The molecule has 1 aliphatic rings. The highest BCUT2D eigenvalue weighted by atomic mass is 15.3. The van der Waals surface area contributed by atoms with Gasteiger partial charge in [-0.1, -0.05) is 13.8 Å². The van der Waals surface area contributed by atoms with Crippen molar-refractivity contribution in [2.24, 2.45) is 10.5 Å². The van der Waals surface area contributed by atoms with Crippen molar-refractivity contribution >= 4 is 6.21 Å². The number of hydrogen-bond acceptors (Lipinski definition) is 3. The predicted octanol–water partition coefficient (Wildman–Crippen LogP) is 0.581. The van der Waals surface area contributed by atoms with Crippen LogP contribution < -0.4 is 10.7 Å². The standard InChI is InChI=1S/C8H17N3/c1-8(2)6-9-4-3-5-10-11-7-8/h5,9,11H,3-4,6-7H2,1-2H3/b10-5-. The van der Waals surface area contributed by atoms with E-state index in [0.29, 0.717) is 5.41 Å². The molecule has 0 aliphatic carbocycles. The van der Waals surface area contributed by atoms with Crippen molar-refractivity contribution in [2.75, 3.05) is 19.6 Å². The van der Waals surface area contributed by atoms with Crippen molar-refractivity contribution in [1.29, 1.82) is 0 Å². The van der Waals surface area contributed by atoms with Crippen molar-refractivity contribution in [3.8, 4) is 0 Å². The number of hydrazone groups is 1. The summed E-state index contributed by atoms with van der Waals surface area (Å²) in [4.78, 5) is 0. The van der Waals surface area contributed by atoms with Crippen LogP contribution in [0.1, 0.15) is 20.3 Å². The third kappa shape index (κ3) is 3.37. The van der Waals surface area contributed by atoms with Crippen LogP contribution in [-0.4, -0.2) is 25.8 Å². The highest BCUT2D eigenvalue weighted by molar-refractivity contribution is 5.56. The van der Waals surface area contributed by atoms with Crippen LogP contribution in [0.2, 0.25) is 0 Å². The Morgan fingerprint density at radius 1 is 1.36 bits per heavy atom. The van der Waals surface area contributed by atoms with Crippen LogP contribution in [0, 0.1) is 5.41 Å². The molecular weight excluding hydrogens is 138 g/mol.